The Kier molecular flexibility index (Phi) is 6.86. The van der Waals surface area contributed by atoms with Crippen LogP contribution in [0.2, 0.25) is 5.28 Å². The van der Waals surface area contributed by atoms with E-state index in [1.807, 2.05) is 24.3 Å². The first-order valence-corrected chi connectivity index (χ1v) is 15.3. The Labute approximate surface area is 266 Å². The standard InChI is InChI=1S/C41H26ClN3/c42-41-44-39(30-19-17-29(18-20-30)37-16-8-12-28-11-4-5-13-35(28)37)43-40(45-41)34-24-22-31-25-33(23-21-32(31)26-34)38-15-7-6-14-36(38)27-9-2-1-3-10-27/h1-26H. The number of rotatable bonds is 5. The van der Waals surface area contributed by atoms with Gasteiger partial charge in [0.2, 0.25) is 5.28 Å². The van der Waals surface area contributed by atoms with E-state index < -0.39 is 0 Å². The predicted molar refractivity (Wildman–Crippen MR) is 187 cm³/mol. The molecule has 0 fully saturated rings. The first kappa shape index (κ1) is 26.9. The van der Waals surface area contributed by atoms with E-state index in [4.69, 9.17) is 16.6 Å². The lowest BCUT2D eigenvalue weighted by atomic mass is 9.93. The molecule has 0 radical (unpaired) electrons. The van der Waals surface area contributed by atoms with Crippen LogP contribution in [0, 0.1) is 0 Å². The molecule has 212 valence electrons. The minimum atomic E-state index is 0.168. The Morgan fingerprint density at radius 2 is 0.844 bits per heavy atom. The lowest BCUT2D eigenvalue weighted by Gasteiger charge is -2.12. The molecule has 0 aliphatic rings. The molecule has 3 nitrogen and oxygen atoms in total. The van der Waals surface area contributed by atoms with Crippen LogP contribution >= 0.6 is 11.6 Å². The van der Waals surface area contributed by atoms with Crippen molar-refractivity contribution in [1.82, 2.24) is 15.0 Å². The highest BCUT2D eigenvalue weighted by Gasteiger charge is 2.13. The van der Waals surface area contributed by atoms with Crippen LogP contribution in [0.4, 0.5) is 0 Å². The number of nitrogens with zero attached hydrogens (tertiary/aromatic N) is 3. The van der Waals surface area contributed by atoms with Crippen molar-refractivity contribution < 1.29 is 0 Å². The number of benzene rings is 7. The Bertz CT molecular complexity index is 2320. The summed E-state index contributed by atoms with van der Waals surface area (Å²) in [5, 5.41) is 4.86. The van der Waals surface area contributed by atoms with E-state index in [0.29, 0.717) is 11.6 Å². The van der Waals surface area contributed by atoms with Crippen molar-refractivity contribution in [2.75, 3.05) is 0 Å². The van der Waals surface area contributed by atoms with Gasteiger partial charge in [-0.2, -0.15) is 9.97 Å². The molecule has 8 rings (SSSR count). The summed E-state index contributed by atoms with van der Waals surface area (Å²) < 4.78 is 0. The molecule has 0 amide bonds. The molecule has 0 unspecified atom stereocenters. The van der Waals surface area contributed by atoms with E-state index >= 15 is 0 Å². The second-order valence-corrected chi connectivity index (χ2v) is 11.4. The van der Waals surface area contributed by atoms with Gasteiger partial charge in [0, 0.05) is 11.1 Å². The zero-order valence-corrected chi connectivity index (χ0v) is 25.0. The van der Waals surface area contributed by atoms with Crippen LogP contribution in [0.15, 0.2) is 158 Å². The Balaban J connectivity index is 1.12. The van der Waals surface area contributed by atoms with Gasteiger partial charge in [0.05, 0.1) is 0 Å². The number of aromatic nitrogens is 3. The van der Waals surface area contributed by atoms with Crippen LogP contribution in [0.3, 0.4) is 0 Å². The van der Waals surface area contributed by atoms with Crippen molar-refractivity contribution in [1.29, 1.82) is 0 Å². The predicted octanol–water partition coefficient (Wildman–Crippen LogP) is 11.2. The zero-order valence-electron chi connectivity index (χ0n) is 24.2. The molecule has 0 aliphatic carbocycles. The van der Waals surface area contributed by atoms with E-state index in [9.17, 15) is 0 Å². The summed E-state index contributed by atoms with van der Waals surface area (Å²) in [6.45, 7) is 0. The second kappa shape index (κ2) is 11.5. The maximum Gasteiger partial charge on any atom is 0.226 e. The largest absolute Gasteiger partial charge is 0.226 e. The monoisotopic (exact) mass is 595 g/mol. The second-order valence-electron chi connectivity index (χ2n) is 11.0. The molecule has 0 bridgehead atoms. The van der Waals surface area contributed by atoms with Gasteiger partial charge >= 0.3 is 0 Å². The topological polar surface area (TPSA) is 38.7 Å². The molecule has 0 saturated carbocycles. The fourth-order valence-electron chi connectivity index (χ4n) is 6.04. The summed E-state index contributed by atoms with van der Waals surface area (Å²) in [6, 6.07) is 55.0. The van der Waals surface area contributed by atoms with Gasteiger partial charge in [-0.3, -0.25) is 0 Å². The summed E-state index contributed by atoms with van der Waals surface area (Å²) in [6.07, 6.45) is 0. The Hall–Kier alpha value is -5.64. The molecule has 45 heavy (non-hydrogen) atoms. The number of hydrogen-bond acceptors (Lipinski definition) is 3. The lowest BCUT2D eigenvalue weighted by Crippen LogP contribution is -1.97. The van der Waals surface area contributed by atoms with E-state index in [1.54, 1.807) is 0 Å². The minimum Gasteiger partial charge on any atom is -0.208 e. The van der Waals surface area contributed by atoms with Crippen molar-refractivity contribution in [3.63, 3.8) is 0 Å². The SMILES string of the molecule is Clc1nc(-c2ccc(-c3cccc4ccccc34)cc2)nc(-c2ccc3cc(-c4ccccc4-c4ccccc4)ccc3c2)n1. The van der Waals surface area contributed by atoms with Gasteiger partial charge in [0.15, 0.2) is 11.6 Å². The molecule has 0 spiro atoms. The van der Waals surface area contributed by atoms with Crippen LogP contribution in [-0.4, -0.2) is 15.0 Å². The third-order valence-electron chi connectivity index (χ3n) is 8.27. The van der Waals surface area contributed by atoms with Crippen molar-refractivity contribution in [2.45, 2.75) is 0 Å². The van der Waals surface area contributed by atoms with Gasteiger partial charge in [0.25, 0.3) is 0 Å². The van der Waals surface area contributed by atoms with Crippen LogP contribution in [0.5, 0.6) is 0 Å². The number of hydrogen-bond donors (Lipinski definition) is 0. The van der Waals surface area contributed by atoms with Crippen LogP contribution in [-0.2, 0) is 0 Å². The highest BCUT2D eigenvalue weighted by molar-refractivity contribution is 6.28. The molecule has 1 aromatic heterocycles. The smallest absolute Gasteiger partial charge is 0.208 e. The number of halogens is 1. The Morgan fingerprint density at radius 3 is 1.62 bits per heavy atom. The van der Waals surface area contributed by atoms with Gasteiger partial charge in [-0.25, -0.2) is 4.98 Å². The van der Waals surface area contributed by atoms with Gasteiger partial charge in [0.1, 0.15) is 0 Å². The van der Waals surface area contributed by atoms with Crippen molar-refractivity contribution in [3.05, 3.63) is 163 Å². The summed E-state index contributed by atoms with van der Waals surface area (Å²) in [5.41, 5.74) is 8.89. The first-order chi connectivity index (χ1) is 22.2. The maximum absolute atomic E-state index is 6.45. The van der Waals surface area contributed by atoms with E-state index in [1.165, 1.54) is 38.6 Å². The molecule has 0 aliphatic heterocycles. The highest BCUT2D eigenvalue weighted by Crippen LogP contribution is 2.35. The fraction of sp³-hybridized carbons (Fsp3) is 0. The number of fused-ring (bicyclic) bond motifs is 2. The summed E-state index contributed by atoms with van der Waals surface area (Å²) in [4.78, 5) is 13.8. The first-order valence-electron chi connectivity index (χ1n) is 14.9. The molecule has 0 saturated heterocycles. The molecule has 8 aromatic rings. The lowest BCUT2D eigenvalue weighted by molar-refractivity contribution is 1.07. The third kappa shape index (κ3) is 5.24. The normalized spacial score (nSPS) is 11.2. The van der Waals surface area contributed by atoms with E-state index in [0.717, 1.165) is 27.5 Å². The van der Waals surface area contributed by atoms with Crippen LogP contribution in [0.1, 0.15) is 0 Å². The van der Waals surface area contributed by atoms with E-state index in [-0.39, 0.29) is 5.28 Å². The van der Waals surface area contributed by atoms with E-state index in [2.05, 4.69) is 143 Å². The average Bonchev–Trinajstić information content (AvgIpc) is 3.11. The molecular weight excluding hydrogens is 570 g/mol. The molecular formula is C41H26ClN3. The fourth-order valence-corrected chi connectivity index (χ4v) is 6.20. The van der Waals surface area contributed by atoms with Crippen molar-refractivity contribution in [2.24, 2.45) is 0 Å². The molecule has 0 N–H and O–H groups in total. The quantitative estimate of drug-likeness (QED) is 0.199. The highest BCUT2D eigenvalue weighted by atomic mass is 35.5. The minimum absolute atomic E-state index is 0.168. The van der Waals surface area contributed by atoms with Crippen LogP contribution < -0.4 is 0 Å². The summed E-state index contributed by atoms with van der Waals surface area (Å²) >= 11 is 6.45. The van der Waals surface area contributed by atoms with Crippen LogP contribution in [0.25, 0.3) is 77.7 Å². The van der Waals surface area contributed by atoms with Crippen molar-refractivity contribution >= 4 is 33.1 Å². The third-order valence-corrected chi connectivity index (χ3v) is 8.44. The molecule has 4 heteroatoms. The molecule has 1 heterocycles. The zero-order chi connectivity index (χ0) is 30.2. The van der Waals surface area contributed by atoms with Gasteiger partial charge in [-0.05, 0) is 78.7 Å². The van der Waals surface area contributed by atoms with Gasteiger partial charge < -0.3 is 0 Å². The molecule has 0 atom stereocenters. The maximum atomic E-state index is 6.45. The van der Waals surface area contributed by atoms with Crippen molar-refractivity contribution in [3.8, 4) is 56.2 Å². The molecule has 7 aromatic carbocycles. The summed E-state index contributed by atoms with van der Waals surface area (Å²) in [7, 11) is 0. The Morgan fingerprint density at radius 1 is 0.333 bits per heavy atom. The summed E-state index contributed by atoms with van der Waals surface area (Å²) in [5.74, 6) is 1.09. The van der Waals surface area contributed by atoms with Gasteiger partial charge in [-0.15, -0.1) is 0 Å². The van der Waals surface area contributed by atoms with Gasteiger partial charge in [-0.1, -0.05) is 146 Å². The average molecular weight is 596 g/mol.